The summed E-state index contributed by atoms with van der Waals surface area (Å²) in [5.74, 6) is 2.80. The van der Waals surface area contributed by atoms with E-state index < -0.39 is 0 Å². The monoisotopic (exact) mass is 700 g/mol. The third kappa shape index (κ3) is 12.4. The SMILES string of the molecule is CC1CCOC1.CCC(C)(C)c1nc(C(C)(C)C)[n-]c1C(C)(C)CC.CCC(C)(C)c1nc(C(C)(C)C)[n-]c1C(C)(C)CC.[Sr+2]. The van der Waals surface area contributed by atoms with E-state index in [1.54, 1.807) is 0 Å². The first-order valence-electron chi connectivity index (χ1n) is 17.5. The van der Waals surface area contributed by atoms with Crippen molar-refractivity contribution in [1.82, 2.24) is 19.9 Å². The third-order valence-electron chi connectivity index (χ3n) is 9.92. The predicted octanol–water partition coefficient (Wildman–Crippen LogP) is 10.1. The summed E-state index contributed by atoms with van der Waals surface area (Å²) in [4.78, 5) is 19.7. The molecule has 0 saturated carbocycles. The van der Waals surface area contributed by atoms with Gasteiger partial charge < -0.3 is 24.7 Å². The Hall–Kier alpha value is -0.139. The third-order valence-corrected chi connectivity index (χ3v) is 9.92. The van der Waals surface area contributed by atoms with Crippen molar-refractivity contribution in [2.24, 2.45) is 5.92 Å². The maximum Gasteiger partial charge on any atom is 2.00 e. The van der Waals surface area contributed by atoms with Gasteiger partial charge in [-0.2, -0.15) is 0 Å². The molecule has 0 amide bonds. The fourth-order valence-corrected chi connectivity index (χ4v) is 4.57. The number of ether oxygens (including phenoxy) is 1. The van der Waals surface area contributed by atoms with E-state index in [9.17, 15) is 0 Å². The van der Waals surface area contributed by atoms with Crippen molar-refractivity contribution >= 4 is 45.5 Å². The van der Waals surface area contributed by atoms with E-state index in [4.69, 9.17) is 24.7 Å². The van der Waals surface area contributed by atoms with Crippen LogP contribution in [-0.4, -0.2) is 68.7 Å². The quantitative estimate of drug-likeness (QED) is 0.257. The zero-order valence-corrected chi connectivity index (χ0v) is 36.9. The molecule has 0 aliphatic carbocycles. The van der Waals surface area contributed by atoms with E-state index in [0.717, 1.165) is 56.5 Å². The summed E-state index contributed by atoms with van der Waals surface area (Å²) >= 11 is 0. The van der Waals surface area contributed by atoms with Crippen LogP contribution in [0.15, 0.2) is 0 Å². The molecule has 1 aliphatic rings. The molecule has 1 atom stereocenters. The summed E-state index contributed by atoms with van der Waals surface area (Å²) in [7, 11) is 0. The number of nitrogens with zero attached hydrogens (tertiary/aromatic N) is 4. The van der Waals surface area contributed by atoms with Crippen molar-refractivity contribution in [2.45, 2.75) is 196 Å². The van der Waals surface area contributed by atoms with Crippen molar-refractivity contribution < 1.29 is 4.74 Å². The average molecular weight is 701 g/mol. The number of aromatic nitrogens is 4. The predicted molar refractivity (Wildman–Crippen MR) is 196 cm³/mol. The van der Waals surface area contributed by atoms with Gasteiger partial charge in [-0.1, -0.05) is 166 Å². The van der Waals surface area contributed by atoms with Crippen molar-refractivity contribution in [3.05, 3.63) is 34.4 Å². The van der Waals surface area contributed by atoms with Crippen LogP contribution in [0, 0.1) is 5.92 Å². The van der Waals surface area contributed by atoms with Gasteiger partial charge in [-0.3, -0.25) is 0 Å². The van der Waals surface area contributed by atoms with Gasteiger partial charge in [0.2, 0.25) is 0 Å². The Balaban J connectivity index is 0.000000711. The molecule has 3 heterocycles. The summed E-state index contributed by atoms with van der Waals surface area (Å²) in [6, 6.07) is 0. The molecule has 2 aromatic heterocycles. The Morgan fingerprint density at radius 1 is 0.578 bits per heavy atom. The number of hydrogen-bond acceptors (Lipinski definition) is 3. The Morgan fingerprint density at radius 3 is 1.07 bits per heavy atom. The maximum absolute atomic E-state index is 5.06. The Labute approximate surface area is 317 Å². The van der Waals surface area contributed by atoms with Gasteiger partial charge in [0.05, 0.1) is 0 Å². The van der Waals surface area contributed by atoms with Gasteiger partial charge in [0.25, 0.3) is 0 Å². The summed E-state index contributed by atoms with van der Waals surface area (Å²) in [6.07, 6.45) is 5.61. The number of rotatable bonds is 8. The molecule has 1 fully saturated rings. The van der Waals surface area contributed by atoms with Crippen LogP contribution >= 0.6 is 0 Å². The van der Waals surface area contributed by atoms with Crippen molar-refractivity contribution in [3.63, 3.8) is 0 Å². The fraction of sp³-hybridized carbons (Fsp3) is 0.846. The molecule has 0 N–H and O–H groups in total. The van der Waals surface area contributed by atoms with E-state index in [-0.39, 0.29) is 78.0 Å². The Morgan fingerprint density at radius 2 is 0.889 bits per heavy atom. The van der Waals surface area contributed by atoms with Crippen LogP contribution in [-0.2, 0) is 37.2 Å². The Bertz CT molecular complexity index is 998. The zero-order valence-electron chi connectivity index (χ0n) is 33.4. The minimum absolute atomic E-state index is 0. The first kappa shape index (κ1) is 44.9. The molecule has 2 aromatic rings. The summed E-state index contributed by atoms with van der Waals surface area (Å²) in [5.41, 5.74) is 5.21. The average Bonchev–Trinajstić information content (AvgIpc) is 3.69. The van der Waals surface area contributed by atoms with Crippen LogP contribution in [0.3, 0.4) is 0 Å². The van der Waals surface area contributed by atoms with Gasteiger partial charge >= 0.3 is 45.5 Å². The van der Waals surface area contributed by atoms with E-state index in [1.807, 2.05) is 0 Å². The van der Waals surface area contributed by atoms with Gasteiger partial charge in [-0.25, -0.2) is 0 Å². The van der Waals surface area contributed by atoms with Crippen LogP contribution in [0.25, 0.3) is 0 Å². The van der Waals surface area contributed by atoms with E-state index in [2.05, 4.69) is 132 Å². The van der Waals surface area contributed by atoms with Crippen molar-refractivity contribution in [2.75, 3.05) is 13.2 Å². The largest absolute Gasteiger partial charge is 2.00 e. The molecule has 5 nitrogen and oxygen atoms in total. The second-order valence-electron chi connectivity index (χ2n) is 17.9. The van der Waals surface area contributed by atoms with E-state index in [1.165, 1.54) is 29.2 Å². The number of imidazole rings is 2. The van der Waals surface area contributed by atoms with Crippen LogP contribution < -0.4 is 9.97 Å². The van der Waals surface area contributed by atoms with E-state index in [0.29, 0.717) is 0 Å². The summed E-state index contributed by atoms with van der Waals surface area (Å²) < 4.78 is 5.06. The molecule has 256 valence electrons. The molecule has 3 rings (SSSR count). The van der Waals surface area contributed by atoms with Crippen LogP contribution in [0.5, 0.6) is 0 Å². The molecule has 0 radical (unpaired) electrons. The molecule has 1 aliphatic heterocycles. The minimum atomic E-state index is 0. The molecule has 45 heavy (non-hydrogen) atoms. The second-order valence-corrected chi connectivity index (χ2v) is 17.9. The number of hydrogen-bond donors (Lipinski definition) is 0. The van der Waals surface area contributed by atoms with Gasteiger partial charge in [-0.05, 0) is 70.5 Å². The minimum Gasteiger partial charge on any atom is -0.442 e. The van der Waals surface area contributed by atoms with Gasteiger partial charge in [0.1, 0.15) is 0 Å². The molecule has 0 spiro atoms. The molecule has 6 heteroatoms. The first-order chi connectivity index (χ1) is 19.8. The summed E-state index contributed by atoms with van der Waals surface area (Å²) in [6.45, 7) is 44.5. The second kappa shape index (κ2) is 17.0. The smallest absolute Gasteiger partial charge is 0.442 e. The van der Waals surface area contributed by atoms with E-state index >= 15 is 0 Å². The normalized spacial score (nSPS) is 16.4. The standard InChI is InChI=1S/2C17H31N2.C5H10O.Sr/c2*1-10-16(6,7)12-13(17(8,9)11-2)19-14(18-12)15(3,4)5;1-5-2-3-6-4-5;/h2*10-11H2,1-9H3;5H,2-4H2,1H3;/q2*-1;;+2. The zero-order chi connectivity index (χ0) is 34.5. The van der Waals surface area contributed by atoms with Crippen LogP contribution in [0.4, 0.5) is 0 Å². The molecular formula is C39H72N4OSr. The fourth-order valence-electron chi connectivity index (χ4n) is 4.57. The van der Waals surface area contributed by atoms with Crippen molar-refractivity contribution in [1.29, 1.82) is 0 Å². The Kier molecular flexibility index (Phi) is 16.9. The maximum atomic E-state index is 5.06. The summed E-state index contributed by atoms with van der Waals surface area (Å²) in [5, 5.41) is 0. The van der Waals surface area contributed by atoms with Gasteiger partial charge in [0.15, 0.2) is 0 Å². The molecular weight excluding hydrogens is 628 g/mol. The van der Waals surface area contributed by atoms with Crippen molar-refractivity contribution in [3.8, 4) is 0 Å². The van der Waals surface area contributed by atoms with Crippen LogP contribution in [0.2, 0.25) is 0 Å². The van der Waals surface area contributed by atoms with Gasteiger partial charge in [-0.15, -0.1) is 0 Å². The molecule has 0 bridgehead atoms. The topological polar surface area (TPSA) is 63.2 Å². The molecule has 0 aromatic carbocycles. The molecule has 1 saturated heterocycles. The molecule has 1 unspecified atom stereocenters. The first-order valence-corrected chi connectivity index (χ1v) is 17.5. The van der Waals surface area contributed by atoms with Crippen LogP contribution in [0.1, 0.15) is 198 Å². The van der Waals surface area contributed by atoms with Gasteiger partial charge in [0, 0.05) is 13.2 Å².